The number of carbonyl (C=O) groups excluding carboxylic acids is 1. The molecule has 0 aromatic carbocycles. The van der Waals surface area contributed by atoms with Gasteiger partial charge in [0.15, 0.2) is 11.4 Å². The van der Waals surface area contributed by atoms with Gasteiger partial charge in [0.2, 0.25) is 0 Å². The molecule has 0 atom stereocenters. The van der Waals surface area contributed by atoms with E-state index in [0.717, 1.165) is 12.3 Å². The molecule has 23 heavy (non-hydrogen) atoms. The van der Waals surface area contributed by atoms with Crippen LogP contribution in [0.4, 0.5) is 13.2 Å². The molecular formula is C16H16ClF3N2O. The molecule has 2 aromatic rings. The van der Waals surface area contributed by atoms with Crippen LogP contribution < -0.4 is 0 Å². The number of pyridine rings is 1. The van der Waals surface area contributed by atoms with Crippen molar-refractivity contribution in [1.29, 1.82) is 0 Å². The molecule has 0 bridgehead atoms. The molecule has 0 saturated carbocycles. The van der Waals surface area contributed by atoms with Crippen LogP contribution in [0.2, 0.25) is 5.02 Å². The summed E-state index contributed by atoms with van der Waals surface area (Å²) in [6.45, 7) is 6.76. The van der Waals surface area contributed by atoms with Crippen LogP contribution in [0.25, 0.3) is 11.7 Å². The van der Waals surface area contributed by atoms with Gasteiger partial charge in [-0.2, -0.15) is 13.2 Å². The molecule has 3 nitrogen and oxygen atoms in total. The van der Waals surface area contributed by atoms with Gasteiger partial charge >= 0.3 is 6.18 Å². The predicted molar refractivity (Wildman–Crippen MR) is 83.6 cm³/mol. The number of allylic oxidation sites excluding steroid dienone is 1. The van der Waals surface area contributed by atoms with Crippen LogP contribution in [0.1, 0.15) is 50.6 Å². The van der Waals surface area contributed by atoms with E-state index in [-0.39, 0.29) is 22.4 Å². The van der Waals surface area contributed by atoms with E-state index >= 15 is 0 Å². The van der Waals surface area contributed by atoms with Crippen molar-refractivity contribution < 1.29 is 18.0 Å². The third-order valence-electron chi connectivity index (χ3n) is 3.52. The fraction of sp³-hybridized carbons (Fsp3) is 0.375. The Kier molecular flexibility index (Phi) is 4.57. The van der Waals surface area contributed by atoms with E-state index in [1.165, 1.54) is 11.3 Å². The molecule has 0 spiro atoms. The van der Waals surface area contributed by atoms with Gasteiger partial charge in [-0.3, -0.25) is 9.20 Å². The molecule has 124 valence electrons. The standard InChI is InChI=1S/C16H16ClF3N2O/c1-8(2)14-13(5-9(3)10(4)23)22-7-11(16(18,19)20)6-12(17)15(22)21-14/h5-8H,1-4H3/b9-5-. The van der Waals surface area contributed by atoms with E-state index in [9.17, 15) is 18.0 Å². The third-order valence-corrected chi connectivity index (χ3v) is 3.80. The SMILES string of the molecule is CC(=O)/C(C)=C\c1c(C(C)C)nc2c(Cl)cc(C(F)(F)F)cn12. The van der Waals surface area contributed by atoms with Gasteiger partial charge in [-0.05, 0) is 37.5 Å². The van der Waals surface area contributed by atoms with Crippen molar-refractivity contribution in [3.63, 3.8) is 0 Å². The van der Waals surface area contributed by atoms with E-state index < -0.39 is 11.7 Å². The maximum Gasteiger partial charge on any atom is 0.417 e. The molecular weight excluding hydrogens is 329 g/mol. The second-order valence-corrected chi connectivity index (χ2v) is 6.10. The summed E-state index contributed by atoms with van der Waals surface area (Å²) in [7, 11) is 0. The normalized spacial score (nSPS) is 13.2. The molecule has 0 N–H and O–H groups in total. The summed E-state index contributed by atoms with van der Waals surface area (Å²) in [5.41, 5.74) is 0.841. The first kappa shape index (κ1) is 17.5. The highest BCUT2D eigenvalue weighted by molar-refractivity contribution is 6.33. The Labute approximate surface area is 136 Å². The van der Waals surface area contributed by atoms with Gasteiger partial charge in [0.1, 0.15) is 0 Å². The largest absolute Gasteiger partial charge is 0.417 e. The van der Waals surface area contributed by atoms with Gasteiger partial charge in [-0.25, -0.2) is 4.98 Å². The van der Waals surface area contributed by atoms with Gasteiger partial charge in [0.25, 0.3) is 0 Å². The Morgan fingerprint density at radius 3 is 2.43 bits per heavy atom. The number of carbonyl (C=O) groups is 1. The van der Waals surface area contributed by atoms with Crippen molar-refractivity contribution in [3.05, 3.63) is 39.8 Å². The Morgan fingerprint density at radius 1 is 1.35 bits per heavy atom. The van der Waals surface area contributed by atoms with E-state index in [0.29, 0.717) is 17.0 Å². The lowest BCUT2D eigenvalue weighted by Gasteiger charge is -2.09. The molecule has 0 fully saturated rings. The topological polar surface area (TPSA) is 34.4 Å². The zero-order valence-electron chi connectivity index (χ0n) is 13.1. The van der Waals surface area contributed by atoms with Crippen LogP contribution in [0.15, 0.2) is 17.8 Å². The van der Waals surface area contributed by atoms with Crippen molar-refractivity contribution in [3.8, 4) is 0 Å². The van der Waals surface area contributed by atoms with Crippen LogP contribution in [0, 0.1) is 0 Å². The molecule has 0 amide bonds. The van der Waals surface area contributed by atoms with Gasteiger partial charge in [0, 0.05) is 6.20 Å². The summed E-state index contributed by atoms with van der Waals surface area (Å²) >= 11 is 5.99. The van der Waals surface area contributed by atoms with Crippen molar-refractivity contribution in [2.75, 3.05) is 0 Å². The van der Waals surface area contributed by atoms with Crippen LogP contribution in [-0.4, -0.2) is 15.2 Å². The van der Waals surface area contributed by atoms with Gasteiger partial charge < -0.3 is 0 Å². The van der Waals surface area contributed by atoms with Crippen molar-refractivity contribution >= 4 is 29.1 Å². The van der Waals surface area contributed by atoms with E-state index in [1.807, 2.05) is 13.8 Å². The number of aromatic nitrogens is 2. The Hall–Kier alpha value is -1.82. The van der Waals surface area contributed by atoms with Crippen LogP contribution in [0.5, 0.6) is 0 Å². The van der Waals surface area contributed by atoms with E-state index in [1.54, 1.807) is 13.0 Å². The number of Topliss-reactive ketones (excluding diaryl/α,β-unsaturated/α-hetero) is 1. The Morgan fingerprint density at radius 2 is 1.96 bits per heavy atom. The summed E-state index contributed by atoms with van der Waals surface area (Å²) in [5.74, 6) is -0.195. The lowest BCUT2D eigenvalue weighted by atomic mass is 10.1. The van der Waals surface area contributed by atoms with E-state index in [2.05, 4.69) is 4.98 Å². The fourth-order valence-corrected chi connectivity index (χ4v) is 2.42. The average molecular weight is 345 g/mol. The van der Waals surface area contributed by atoms with Crippen LogP contribution in [-0.2, 0) is 11.0 Å². The molecule has 0 radical (unpaired) electrons. The molecule has 0 unspecified atom stereocenters. The monoisotopic (exact) mass is 344 g/mol. The zero-order valence-corrected chi connectivity index (χ0v) is 13.9. The maximum atomic E-state index is 13.0. The fourth-order valence-electron chi connectivity index (χ4n) is 2.17. The van der Waals surface area contributed by atoms with Gasteiger partial charge in [0.05, 0.1) is 22.0 Å². The minimum absolute atomic E-state index is 0.0358. The number of hydrogen-bond acceptors (Lipinski definition) is 2. The Balaban J connectivity index is 2.85. The molecule has 7 heteroatoms. The van der Waals surface area contributed by atoms with Crippen molar-refractivity contribution in [1.82, 2.24) is 9.38 Å². The van der Waals surface area contributed by atoms with Crippen molar-refractivity contribution in [2.45, 2.75) is 39.8 Å². The second kappa shape index (κ2) is 6.00. The number of rotatable bonds is 3. The smallest absolute Gasteiger partial charge is 0.298 e. The highest BCUT2D eigenvalue weighted by Gasteiger charge is 2.32. The molecule has 0 aliphatic heterocycles. The lowest BCUT2D eigenvalue weighted by molar-refractivity contribution is -0.137. The summed E-state index contributed by atoms with van der Waals surface area (Å²) < 4.78 is 40.4. The quantitative estimate of drug-likeness (QED) is 0.724. The van der Waals surface area contributed by atoms with Gasteiger partial charge in [-0.15, -0.1) is 0 Å². The number of ketones is 1. The number of fused-ring (bicyclic) bond motifs is 1. The first-order valence-electron chi connectivity index (χ1n) is 7.00. The number of hydrogen-bond donors (Lipinski definition) is 0. The number of halogens is 4. The number of nitrogens with zero attached hydrogens (tertiary/aromatic N) is 2. The summed E-state index contributed by atoms with van der Waals surface area (Å²) in [6.07, 6.45) is -2.01. The summed E-state index contributed by atoms with van der Waals surface area (Å²) in [5, 5.41) is -0.0816. The molecule has 2 heterocycles. The number of alkyl halides is 3. The molecule has 0 saturated heterocycles. The maximum absolute atomic E-state index is 13.0. The summed E-state index contributed by atoms with van der Waals surface area (Å²) in [6, 6.07) is 0.860. The molecule has 2 rings (SSSR count). The van der Waals surface area contributed by atoms with Crippen LogP contribution in [0.3, 0.4) is 0 Å². The molecule has 2 aromatic heterocycles. The zero-order chi connectivity index (χ0) is 17.5. The summed E-state index contributed by atoms with van der Waals surface area (Å²) in [4.78, 5) is 15.8. The Bertz CT molecular complexity index is 804. The van der Waals surface area contributed by atoms with Crippen LogP contribution >= 0.6 is 11.6 Å². The highest BCUT2D eigenvalue weighted by Crippen LogP contribution is 2.34. The third kappa shape index (κ3) is 3.42. The highest BCUT2D eigenvalue weighted by atomic mass is 35.5. The minimum atomic E-state index is -4.52. The van der Waals surface area contributed by atoms with Gasteiger partial charge in [-0.1, -0.05) is 25.4 Å². The molecule has 0 aliphatic rings. The first-order chi connectivity index (χ1) is 10.5. The van der Waals surface area contributed by atoms with E-state index in [4.69, 9.17) is 11.6 Å². The minimum Gasteiger partial charge on any atom is -0.298 e. The number of imidazole rings is 1. The lowest BCUT2D eigenvalue weighted by Crippen LogP contribution is -2.07. The predicted octanol–water partition coefficient (Wildman–Crippen LogP) is 5.12. The van der Waals surface area contributed by atoms with Crippen molar-refractivity contribution in [2.24, 2.45) is 0 Å². The average Bonchev–Trinajstić information content (AvgIpc) is 2.77. The second-order valence-electron chi connectivity index (χ2n) is 5.69. The first-order valence-corrected chi connectivity index (χ1v) is 7.38. The molecule has 0 aliphatic carbocycles.